The van der Waals surface area contributed by atoms with Crippen molar-refractivity contribution in [3.8, 4) is 5.75 Å². The van der Waals surface area contributed by atoms with Crippen molar-refractivity contribution in [1.82, 2.24) is 9.55 Å². The first kappa shape index (κ1) is 12.2. The van der Waals surface area contributed by atoms with Crippen LogP contribution < -0.4 is 10.5 Å². The van der Waals surface area contributed by atoms with E-state index in [1.54, 1.807) is 6.20 Å². The number of benzene rings is 1. The van der Waals surface area contributed by atoms with Crippen molar-refractivity contribution in [3.05, 3.63) is 47.5 Å². The molecule has 1 heterocycles. The first-order valence-corrected chi connectivity index (χ1v) is 6.71. The van der Waals surface area contributed by atoms with Gasteiger partial charge in [-0.15, -0.1) is 0 Å². The average molecular weight is 257 g/mol. The molecule has 0 saturated heterocycles. The van der Waals surface area contributed by atoms with Gasteiger partial charge in [-0.25, -0.2) is 4.98 Å². The molecule has 100 valence electrons. The monoisotopic (exact) mass is 257 g/mol. The number of nitrogens with zero attached hydrogens (tertiary/aromatic N) is 2. The molecule has 0 aliphatic heterocycles. The van der Waals surface area contributed by atoms with E-state index in [9.17, 15) is 0 Å². The summed E-state index contributed by atoms with van der Waals surface area (Å²) in [6.45, 7) is 0.484. The molecule has 0 saturated carbocycles. The van der Waals surface area contributed by atoms with Crippen molar-refractivity contribution in [2.45, 2.75) is 31.9 Å². The van der Waals surface area contributed by atoms with Crippen molar-refractivity contribution in [2.24, 2.45) is 12.8 Å². The highest BCUT2D eigenvalue weighted by Gasteiger charge is 2.17. The number of fused-ring (bicyclic) bond motifs is 1. The van der Waals surface area contributed by atoms with Gasteiger partial charge in [0.15, 0.2) is 0 Å². The number of rotatable bonds is 3. The third-order valence-electron chi connectivity index (χ3n) is 3.77. The third-order valence-corrected chi connectivity index (χ3v) is 3.77. The predicted octanol–water partition coefficient (Wildman–Crippen LogP) is 2.34. The number of nitrogens with two attached hydrogens (primary N) is 1. The smallest absolute Gasteiger partial charge is 0.146 e. The molecule has 0 unspecified atom stereocenters. The number of hydrogen-bond donors (Lipinski definition) is 1. The molecule has 4 nitrogen and oxygen atoms in total. The van der Waals surface area contributed by atoms with Gasteiger partial charge in [0.05, 0.1) is 0 Å². The molecular weight excluding hydrogens is 238 g/mol. The molecule has 0 radical (unpaired) electrons. The summed E-state index contributed by atoms with van der Waals surface area (Å²) in [4.78, 5) is 4.25. The van der Waals surface area contributed by atoms with Crippen molar-refractivity contribution < 1.29 is 4.74 Å². The van der Waals surface area contributed by atoms with Crippen molar-refractivity contribution in [3.63, 3.8) is 0 Å². The van der Waals surface area contributed by atoms with Gasteiger partial charge in [-0.1, -0.05) is 6.07 Å². The molecule has 2 N–H and O–H groups in total. The minimum Gasteiger partial charge on any atom is -0.486 e. The van der Waals surface area contributed by atoms with E-state index in [2.05, 4.69) is 17.1 Å². The zero-order chi connectivity index (χ0) is 13.2. The average Bonchev–Trinajstić information content (AvgIpc) is 2.83. The Morgan fingerprint density at radius 3 is 3.16 bits per heavy atom. The molecule has 0 bridgehead atoms. The van der Waals surface area contributed by atoms with E-state index in [-0.39, 0.29) is 6.04 Å². The van der Waals surface area contributed by atoms with Crippen LogP contribution in [-0.2, 0) is 20.1 Å². The quantitative estimate of drug-likeness (QED) is 0.918. The lowest BCUT2D eigenvalue weighted by molar-refractivity contribution is 0.291. The molecule has 19 heavy (non-hydrogen) atoms. The normalized spacial score (nSPS) is 18.1. The van der Waals surface area contributed by atoms with E-state index >= 15 is 0 Å². The highest BCUT2D eigenvalue weighted by Crippen LogP contribution is 2.31. The first-order chi connectivity index (χ1) is 9.24. The van der Waals surface area contributed by atoms with Gasteiger partial charge < -0.3 is 15.0 Å². The summed E-state index contributed by atoms with van der Waals surface area (Å²) in [6, 6.07) is 6.41. The standard InChI is InChI=1S/C15H19N3O/c1-18-8-7-17-15(18)10-19-12-6-5-11-3-2-4-14(16)13(11)9-12/h5-9,14H,2-4,10,16H2,1H3/t14-/m1/s1. The lowest BCUT2D eigenvalue weighted by Gasteiger charge is -2.22. The zero-order valence-electron chi connectivity index (χ0n) is 11.2. The fourth-order valence-electron chi connectivity index (χ4n) is 2.59. The fraction of sp³-hybridized carbons (Fsp3) is 0.400. The van der Waals surface area contributed by atoms with Gasteiger partial charge >= 0.3 is 0 Å². The molecule has 2 aromatic rings. The Bertz CT molecular complexity index is 577. The number of aryl methyl sites for hydroxylation is 2. The minimum absolute atomic E-state index is 0.153. The van der Waals surface area contributed by atoms with Crippen LogP contribution in [0.5, 0.6) is 5.75 Å². The zero-order valence-corrected chi connectivity index (χ0v) is 11.2. The van der Waals surface area contributed by atoms with Crippen LogP contribution >= 0.6 is 0 Å². The van der Waals surface area contributed by atoms with Gasteiger partial charge in [0.1, 0.15) is 18.2 Å². The van der Waals surface area contributed by atoms with Crippen LogP contribution in [0.3, 0.4) is 0 Å². The molecule has 1 aliphatic rings. The molecule has 3 rings (SSSR count). The number of aromatic nitrogens is 2. The Kier molecular flexibility index (Phi) is 3.25. The van der Waals surface area contributed by atoms with Crippen LogP contribution in [0.2, 0.25) is 0 Å². The van der Waals surface area contributed by atoms with Crippen LogP contribution in [0.1, 0.15) is 35.8 Å². The Morgan fingerprint density at radius 2 is 2.37 bits per heavy atom. The van der Waals surface area contributed by atoms with Crippen molar-refractivity contribution >= 4 is 0 Å². The number of imidazole rings is 1. The second kappa shape index (κ2) is 5.05. The maximum absolute atomic E-state index is 6.16. The van der Waals surface area contributed by atoms with Crippen LogP contribution in [0.25, 0.3) is 0 Å². The minimum atomic E-state index is 0.153. The van der Waals surface area contributed by atoms with E-state index in [1.165, 1.54) is 17.5 Å². The van der Waals surface area contributed by atoms with Gasteiger partial charge in [-0.2, -0.15) is 0 Å². The Labute approximate surface area is 113 Å². The van der Waals surface area contributed by atoms with E-state index < -0.39 is 0 Å². The Balaban J connectivity index is 1.75. The maximum Gasteiger partial charge on any atom is 0.146 e. The molecular formula is C15H19N3O. The molecule has 0 spiro atoms. The Hall–Kier alpha value is -1.81. The highest BCUT2D eigenvalue weighted by molar-refractivity contribution is 5.39. The summed E-state index contributed by atoms with van der Waals surface area (Å²) < 4.78 is 7.77. The predicted molar refractivity (Wildman–Crippen MR) is 73.8 cm³/mol. The first-order valence-electron chi connectivity index (χ1n) is 6.71. The fourth-order valence-corrected chi connectivity index (χ4v) is 2.59. The van der Waals surface area contributed by atoms with E-state index in [0.717, 1.165) is 24.4 Å². The molecule has 1 aromatic heterocycles. The van der Waals surface area contributed by atoms with E-state index in [4.69, 9.17) is 10.5 Å². The van der Waals surface area contributed by atoms with Gasteiger partial charge in [-0.3, -0.25) is 0 Å². The topological polar surface area (TPSA) is 53.1 Å². The van der Waals surface area contributed by atoms with Crippen LogP contribution in [0.15, 0.2) is 30.6 Å². The number of ether oxygens (including phenoxy) is 1. The van der Waals surface area contributed by atoms with E-state index in [0.29, 0.717) is 6.61 Å². The molecule has 0 fully saturated rings. The van der Waals surface area contributed by atoms with Crippen LogP contribution in [0.4, 0.5) is 0 Å². The third kappa shape index (κ3) is 2.49. The summed E-state index contributed by atoms with van der Waals surface area (Å²) in [7, 11) is 1.97. The van der Waals surface area contributed by atoms with Crippen LogP contribution in [0, 0.1) is 0 Å². The molecule has 1 aliphatic carbocycles. The van der Waals surface area contributed by atoms with Gasteiger partial charge in [-0.05, 0) is 42.5 Å². The highest BCUT2D eigenvalue weighted by atomic mass is 16.5. The van der Waals surface area contributed by atoms with Crippen LogP contribution in [-0.4, -0.2) is 9.55 Å². The van der Waals surface area contributed by atoms with E-state index in [1.807, 2.05) is 23.9 Å². The Morgan fingerprint density at radius 1 is 1.47 bits per heavy atom. The molecule has 4 heteroatoms. The summed E-state index contributed by atoms with van der Waals surface area (Å²) >= 11 is 0. The second-order valence-electron chi connectivity index (χ2n) is 5.10. The van der Waals surface area contributed by atoms with Crippen molar-refractivity contribution in [2.75, 3.05) is 0 Å². The summed E-state index contributed by atoms with van der Waals surface area (Å²) in [5, 5.41) is 0. The lowest BCUT2D eigenvalue weighted by atomic mass is 9.88. The maximum atomic E-state index is 6.16. The van der Waals surface area contributed by atoms with Gasteiger partial charge in [0.25, 0.3) is 0 Å². The molecule has 1 aromatic carbocycles. The summed E-state index contributed by atoms with van der Waals surface area (Å²) in [6.07, 6.45) is 7.07. The van der Waals surface area contributed by atoms with Gasteiger partial charge in [0, 0.05) is 25.5 Å². The lowest BCUT2D eigenvalue weighted by Crippen LogP contribution is -2.17. The van der Waals surface area contributed by atoms with Gasteiger partial charge in [0.2, 0.25) is 0 Å². The summed E-state index contributed by atoms with van der Waals surface area (Å²) in [5.41, 5.74) is 8.76. The number of hydrogen-bond acceptors (Lipinski definition) is 3. The second-order valence-corrected chi connectivity index (χ2v) is 5.10. The summed E-state index contributed by atoms with van der Waals surface area (Å²) in [5.74, 6) is 1.79. The molecule has 0 amide bonds. The van der Waals surface area contributed by atoms with Crippen molar-refractivity contribution in [1.29, 1.82) is 0 Å². The largest absolute Gasteiger partial charge is 0.486 e. The SMILES string of the molecule is Cn1ccnc1COc1ccc2c(c1)[C@H](N)CCC2. The molecule has 1 atom stereocenters.